The molecule has 0 radical (unpaired) electrons. The summed E-state index contributed by atoms with van der Waals surface area (Å²) < 4.78 is 24.2. The minimum atomic E-state index is -0.726. The van der Waals surface area contributed by atoms with Gasteiger partial charge in [-0.15, -0.1) is 0 Å². The Morgan fingerprint density at radius 3 is 2.41 bits per heavy atom. The monoisotopic (exact) mass is 304 g/mol. The first kappa shape index (κ1) is 14.0. The van der Waals surface area contributed by atoms with Gasteiger partial charge in [-0.1, -0.05) is 0 Å². The van der Waals surface area contributed by atoms with Gasteiger partial charge in [-0.3, -0.25) is 0 Å². The molecule has 0 heterocycles. The van der Waals surface area contributed by atoms with Crippen molar-refractivity contribution >= 4 is 21.9 Å². The molecular formula is C12H14BrFO3. The van der Waals surface area contributed by atoms with Gasteiger partial charge in [0.15, 0.2) is 11.6 Å². The summed E-state index contributed by atoms with van der Waals surface area (Å²) in [7, 11) is 1.34. The predicted molar refractivity (Wildman–Crippen MR) is 65.8 cm³/mol. The fraction of sp³-hybridized carbons (Fsp3) is 0.417. The number of methoxy groups -OCH3 is 1. The van der Waals surface area contributed by atoms with Crippen LogP contribution in [0.3, 0.4) is 0 Å². The molecule has 0 spiro atoms. The van der Waals surface area contributed by atoms with Gasteiger partial charge in [0, 0.05) is 4.47 Å². The van der Waals surface area contributed by atoms with E-state index in [-0.39, 0.29) is 11.3 Å². The molecule has 0 fully saturated rings. The SMILES string of the molecule is COc1ccc(Br)c(C(=O)OC(C)(C)C)c1F. The van der Waals surface area contributed by atoms with Crippen LogP contribution >= 0.6 is 15.9 Å². The first-order valence-corrected chi connectivity index (χ1v) is 5.81. The highest BCUT2D eigenvalue weighted by Gasteiger charge is 2.25. The summed E-state index contributed by atoms with van der Waals surface area (Å²) in [6, 6.07) is 2.98. The lowest BCUT2D eigenvalue weighted by Gasteiger charge is -2.20. The molecule has 1 aromatic carbocycles. The van der Waals surface area contributed by atoms with Crippen molar-refractivity contribution in [3.05, 3.63) is 28.0 Å². The Morgan fingerprint density at radius 1 is 1.35 bits per heavy atom. The van der Waals surface area contributed by atoms with Crippen LogP contribution in [0.2, 0.25) is 0 Å². The highest BCUT2D eigenvalue weighted by Crippen LogP contribution is 2.29. The van der Waals surface area contributed by atoms with Crippen LogP contribution in [-0.2, 0) is 4.74 Å². The summed E-state index contributed by atoms with van der Waals surface area (Å²) in [6.07, 6.45) is 0. The van der Waals surface area contributed by atoms with Crippen molar-refractivity contribution in [2.24, 2.45) is 0 Å². The zero-order valence-electron chi connectivity index (χ0n) is 10.1. The second kappa shape index (κ2) is 5.04. The first-order chi connectivity index (χ1) is 7.76. The number of carbonyl (C=O) groups excluding carboxylic acids is 1. The van der Waals surface area contributed by atoms with Gasteiger partial charge < -0.3 is 9.47 Å². The fourth-order valence-corrected chi connectivity index (χ4v) is 1.68. The Morgan fingerprint density at radius 2 is 1.94 bits per heavy atom. The van der Waals surface area contributed by atoms with E-state index in [4.69, 9.17) is 9.47 Å². The van der Waals surface area contributed by atoms with Gasteiger partial charge >= 0.3 is 5.97 Å². The van der Waals surface area contributed by atoms with Crippen molar-refractivity contribution in [1.29, 1.82) is 0 Å². The Labute approximate surface area is 108 Å². The summed E-state index contributed by atoms with van der Waals surface area (Å²) in [5.41, 5.74) is -0.828. The fourth-order valence-electron chi connectivity index (χ4n) is 1.21. The van der Waals surface area contributed by atoms with Crippen LogP contribution in [-0.4, -0.2) is 18.7 Å². The quantitative estimate of drug-likeness (QED) is 0.784. The van der Waals surface area contributed by atoms with Crippen molar-refractivity contribution in [3.63, 3.8) is 0 Å². The molecule has 0 N–H and O–H groups in total. The van der Waals surface area contributed by atoms with Gasteiger partial charge in [0.05, 0.1) is 7.11 Å². The minimum Gasteiger partial charge on any atom is -0.494 e. The number of esters is 1. The lowest BCUT2D eigenvalue weighted by molar-refractivity contribution is 0.00629. The number of rotatable bonds is 2. The molecule has 3 nitrogen and oxygen atoms in total. The summed E-state index contributed by atoms with van der Waals surface area (Å²) in [5, 5.41) is 0. The molecule has 1 rings (SSSR count). The first-order valence-electron chi connectivity index (χ1n) is 5.01. The highest BCUT2D eigenvalue weighted by atomic mass is 79.9. The number of ether oxygens (including phenoxy) is 2. The maximum atomic E-state index is 13.9. The molecule has 94 valence electrons. The van der Waals surface area contributed by atoms with E-state index in [1.165, 1.54) is 13.2 Å². The maximum Gasteiger partial charge on any atom is 0.342 e. The minimum absolute atomic E-state index is 0.00839. The summed E-state index contributed by atoms with van der Waals surface area (Å²) in [6.45, 7) is 5.16. The van der Waals surface area contributed by atoms with E-state index in [0.717, 1.165) is 0 Å². The maximum absolute atomic E-state index is 13.9. The summed E-state index contributed by atoms with van der Waals surface area (Å²) >= 11 is 3.12. The van der Waals surface area contributed by atoms with Gasteiger partial charge in [-0.05, 0) is 48.8 Å². The number of halogens is 2. The Kier molecular flexibility index (Phi) is 4.14. The van der Waals surface area contributed by atoms with E-state index < -0.39 is 17.4 Å². The predicted octanol–water partition coefficient (Wildman–Crippen LogP) is 3.55. The van der Waals surface area contributed by atoms with E-state index in [1.54, 1.807) is 26.8 Å². The van der Waals surface area contributed by atoms with Crippen molar-refractivity contribution < 1.29 is 18.7 Å². The molecule has 0 aliphatic heterocycles. The van der Waals surface area contributed by atoms with Gasteiger partial charge in [0.25, 0.3) is 0 Å². The van der Waals surface area contributed by atoms with Crippen LogP contribution in [0.15, 0.2) is 16.6 Å². The van der Waals surface area contributed by atoms with Crippen LogP contribution in [0, 0.1) is 5.82 Å². The number of hydrogen-bond acceptors (Lipinski definition) is 3. The molecule has 0 saturated carbocycles. The van der Waals surface area contributed by atoms with E-state index in [2.05, 4.69) is 15.9 Å². The van der Waals surface area contributed by atoms with E-state index in [1.807, 2.05) is 0 Å². The zero-order chi connectivity index (χ0) is 13.2. The van der Waals surface area contributed by atoms with E-state index in [9.17, 15) is 9.18 Å². The average molecular weight is 305 g/mol. The number of hydrogen-bond donors (Lipinski definition) is 0. The van der Waals surface area contributed by atoms with Crippen molar-refractivity contribution in [2.45, 2.75) is 26.4 Å². The van der Waals surface area contributed by atoms with Crippen molar-refractivity contribution in [3.8, 4) is 5.75 Å². The van der Waals surface area contributed by atoms with Crippen LogP contribution in [0.1, 0.15) is 31.1 Å². The lowest BCUT2D eigenvalue weighted by Crippen LogP contribution is -2.24. The van der Waals surface area contributed by atoms with Crippen molar-refractivity contribution in [2.75, 3.05) is 7.11 Å². The zero-order valence-corrected chi connectivity index (χ0v) is 11.7. The van der Waals surface area contributed by atoms with Gasteiger partial charge in [0.2, 0.25) is 0 Å². The van der Waals surface area contributed by atoms with Crippen LogP contribution in [0.5, 0.6) is 5.75 Å². The van der Waals surface area contributed by atoms with Crippen LogP contribution in [0.4, 0.5) is 4.39 Å². The van der Waals surface area contributed by atoms with Crippen molar-refractivity contribution in [1.82, 2.24) is 0 Å². The van der Waals surface area contributed by atoms with Gasteiger partial charge in [-0.25, -0.2) is 9.18 Å². The Bertz CT molecular complexity index is 438. The van der Waals surface area contributed by atoms with Gasteiger partial charge in [0.1, 0.15) is 11.2 Å². The standard InChI is InChI=1S/C12H14BrFO3/c1-12(2,3)17-11(15)9-7(13)5-6-8(16-4)10(9)14/h5-6H,1-4H3. The molecular weight excluding hydrogens is 291 g/mol. The molecule has 0 atom stereocenters. The molecule has 0 amide bonds. The number of carbonyl (C=O) groups is 1. The Hall–Kier alpha value is -1.10. The molecule has 0 aliphatic rings. The summed E-state index contributed by atoms with van der Waals surface area (Å²) in [4.78, 5) is 11.8. The second-order valence-corrected chi connectivity index (χ2v) is 5.29. The topological polar surface area (TPSA) is 35.5 Å². The number of benzene rings is 1. The molecule has 0 unspecified atom stereocenters. The molecule has 17 heavy (non-hydrogen) atoms. The van der Waals surface area contributed by atoms with E-state index >= 15 is 0 Å². The lowest BCUT2D eigenvalue weighted by atomic mass is 10.1. The second-order valence-electron chi connectivity index (χ2n) is 4.44. The average Bonchev–Trinajstić information content (AvgIpc) is 2.15. The van der Waals surface area contributed by atoms with Crippen LogP contribution in [0.25, 0.3) is 0 Å². The molecule has 0 bridgehead atoms. The molecule has 0 aliphatic carbocycles. The van der Waals surface area contributed by atoms with E-state index in [0.29, 0.717) is 4.47 Å². The third-order valence-corrected chi connectivity index (χ3v) is 2.54. The third kappa shape index (κ3) is 3.43. The largest absolute Gasteiger partial charge is 0.494 e. The smallest absolute Gasteiger partial charge is 0.342 e. The van der Waals surface area contributed by atoms with Crippen LogP contribution < -0.4 is 4.74 Å². The third-order valence-electron chi connectivity index (χ3n) is 1.88. The Balaban J connectivity index is 3.17. The molecule has 0 saturated heterocycles. The highest BCUT2D eigenvalue weighted by molar-refractivity contribution is 9.10. The van der Waals surface area contributed by atoms with Gasteiger partial charge in [-0.2, -0.15) is 0 Å². The summed E-state index contributed by atoms with van der Waals surface area (Å²) in [5.74, 6) is -1.44. The normalized spacial score (nSPS) is 11.2. The molecule has 5 heteroatoms. The molecule has 0 aromatic heterocycles. The molecule has 1 aromatic rings.